The van der Waals surface area contributed by atoms with Crippen LogP contribution in [0.4, 0.5) is 17.1 Å². The fraction of sp³-hybridized carbons (Fsp3) is 0.231. The predicted octanol–water partition coefficient (Wildman–Crippen LogP) is 11.0. The van der Waals surface area contributed by atoms with Gasteiger partial charge in [0.25, 0.3) is 0 Å². The highest BCUT2D eigenvalue weighted by atomic mass is 32.1. The predicted molar refractivity (Wildman–Crippen MR) is 183 cm³/mol. The van der Waals surface area contributed by atoms with Crippen molar-refractivity contribution in [3.63, 3.8) is 0 Å². The lowest BCUT2D eigenvalue weighted by molar-refractivity contribution is 0.567. The Hall–Kier alpha value is -4.42. The van der Waals surface area contributed by atoms with Crippen molar-refractivity contribution in [3.8, 4) is 32.3 Å². The van der Waals surface area contributed by atoms with E-state index in [2.05, 4.69) is 113 Å². The average molecular weight is 606 g/mol. The van der Waals surface area contributed by atoms with E-state index in [-0.39, 0.29) is 21.8 Å². The molecule has 0 aliphatic carbocycles. The normalized spacial score (nSPS) is 16.9. The van der Waals surface area contributed by atoms with Gasteiger partial charge in [-0.05, 0) is 81.4 Å². The summed E-state index contributed by atoms with van der Waals surface area (Å²) in [5.74, 6) is 0. The Morgan fingerprint density at radius 1 is 0.591 bits per heavy atom. The lowest BCUT2D eigenvalue weighted by atomic mass is 9.60. The zero-order valence-electron chi connectivity index (χ0n) is 25.7. The van der Waals surface area contributed by atoms with Crippen molar-refractivity contribution in [2.45, 2.75) is 57.8 Å². The SMILES string of the molecule is CC1(C)c2cccc3c2N2c4c1cccc4C(C)(C)c1cc(-c4ccc(-c5ccc(C=C(C#N)C#N)s5)s4)cc(c12)C3(C)C. The number of allylic oxidation sites excluding steroid dienone is 1. The van der Waals surface area contributed by atoms with Crippen molar-refractivity contribution in [1.82, 2.24) is 0 Å². The minimum Gasteiger partial charge on any atom is -0.309 e. The molecule has 214 valence electrons. The van der Waals surface area contributed by atoms with Gasteiger partial charge in [-0.15, -0.1) is 22.7 Å². The maximum absolute atomic E-state index is 9.17. The summed E-state index contributed by atoms with van der Waals surface area (Å²) in [6.45, 7) is 14.4. The molecule has 0 atom stereocenters. The van der Waals surface area contributed by atoms with Crippen molar-refractivity contribution >= 4 is 45.8 Å². The van der Waals surface area contributed by atoms with Crippen LogP contribution in [0.25, 0.3) is 26.3 Å². The maximum Gasteiger partial charge on any atom is 0.131 e. The Morgan fingerprint density at radius 3 is 1.55 bits per heavy atom. The van der Waals surface area contributed by atoms with Gasteiger partial charge in [0.15, 0.2) is 0 Å². The first-order valence-corrected chi connectivity index (χ1v) is 16.6. The van der Waals surface area contributed by atoms with Gasteiger partial charge in [-0.1, -0.05) is 77.9 Å². The second kappa shape index (κ2) is 8.82. The van der Waals surface area contributed by atoms with Gasteiger partial charge < -0.3 is 4.90 Å². The Balaban J connectivity index is 1.34. The summed E-state index contributed by atoms with van der Waals surface area (Å²) in [6.07, 6.45) is 1.66. The molecule has 3 aliphatic heterocycles. The molecule has 5 heteroatoms. The van der Waals surface area contributed by atoms with Crippen LogP contribution in [0.2, 0.25) is 0 Å². The standard InChI is InChI=1S/C39H31N3S2/c1-37(2)25-9-7-11-27-34(25)42-35-26(37)10-8-12-28(35)39(5,6)30-19-23(18-29(36(30)42)38(27,3)4)31-15-16-33(44-31)32-14-13-24(43-32)17-22(20-40)21-41/h7-19H,1-6H3. The summed E-state index contributed by atoms with van der Waals surface area (Å²) in [5, 5.41) is 18.3. The highest BCUT2D eigenvalue weighted by Crippen LogP contribution is 2.66. The zero-order chi connectivity index (χ0) is 30.8. The fourth-order valence-electron chi connectivity index (χ4n) is 7.75. The highest BCUT2D eigenvalue weighted by molar-refractivity contribution is 7.24. The van der Waals surface area contributed by atoms with E-state index in [9.17, 15) is 10.5 Å². The number of nitriles is 2. The van der Waals surface area contributed by atoms with Crippen molar-refractivity contribution in [2.75, 3.05) is 4.90 Å². The van der Waals surface area contributed by atoms with Crippen LogP contribution in [-0.4, -0.2) is 0 Å². The van der Waals surface area contributed by atoms with E-state index < -0.39 is 0 Å². The maximum atomic E-state index is 9.17. The Bertz CT molecular complexity index is 2080. The second-order valence-corrected chi connectivity index (χ2v) is 15.9. The van der Waals surface area contributed by atoms with Crippen LogP contribution >= 0.6 is 22.7 Å². The van der Waals surface area contributed by atoms with Crippen LogP contribution in [0.5, 0.6) is 0 Å². The van der Waals surface area contributed by atoms with E-state index in [4.69, 9.17) is 0 Å². The molecule has 8 rings (SSSR count). The summed E-state index contributed by atoms with van der Waals surface area (Å²) in [6, 6.07) is 31.2. The summed E-state index contributed by atoms with van der Waals surface area (Å²) in [7, 11) is 0. The summed E-state index contributed by atoms with van der Waals surface area (Å²) < 4.78 is 0. The van der Waals surface area contributed by atoms with Crippen molar-refractivity contribution in [3.05, 3.63) is 117 Å². The Morgan fingerprint density at radius 2 is 1.02 bits per heavy atom. The van der Waals surface area contributed by atoms with Gasteiger partial charge in [0.2, 0.25) is 0 Å². The van der Waals surface area contributed by atoms with E-state index in [0.29, 0.717) is 0 Å². The first-order valence-electron chi connectivity index (χ1n) is 15.0. The first-order chi connectivity index (χ1) is 21.0. The quantitative estimate of drug-likeness (QED) is 0.192. The smallest absolute Gasteiger partial charge is 0.131 e. The number of hydrogen-bond donors (Lipinski definition) is 0. The monoisotopic (exact) mass is 605 g/mol. The summed E-state index contributed by atoms with van der Waals surface area (Å²) in [4.78, 5) is 7.10. The van der Waals surface area contributed by atoms with Crippen molar-refractivity contribution < 1.29 is 0 Å². The topological polar surface area (TPSA) is 50.8 Å². The molecule has 3 aromatic carbocycles. The lowest BCUT2D eigenvalue weighted by Crippen LogP contribution is -2.43. The molecule has 0 radical (unpaired) electrons. The Labute approximate surface area is 267 Å². The highest BCUT2D eigenvalue weighted by Gasteiger charge is 2.51. The van der Waals surface area contributed by atoms with E-state index in [1.165, 1.54) is 65.8 Å². The van der Waals surface area contributed by atoms with Crippen LogP contribution in [0.15, 0.2) is 78.4 Å². The summed E-state index contributed by atoms with van der Waals surface area (Å²) in [5.41, 5.74) is 13.4. The van der Waals surface area contributed by atoms with Crippen molar-refractivity contribution in [2.24, 2.45) is 0 Å². The molecular weight excluding hydrogens is 575 g/mol. The molecule has 5 heterocycles. The number of benzene rings is 3. The van der Waals surface area contributed by atoms with Crippen LogP contribution in [0, 0.1) is 22.7 Å². The van der Waals surface area contributed by atoms with E-state index in [1.807, 2.05) is 18.2 Å². The van der Waals surface area contributed by atoms with Crippen LogP contribution in [-0.2, 0) is 16.2 Å². The number of hydrogen-bond acceptors (Lipinski definition) is 5. The molecule has 44 heavy (non-hydrogen) atoms. The van der Waals surface area contributed by atoms with Gasteiger partial charge in [0, 0.05) is 35.8 Å². The third kappa shape index (κ3) is 3.40. The lowest BCUT2D eigenvalue weighted by Gasteiger charge is -2.55. The average Bonchev–Trinajstić information content (AvgIpc) is 3.69. The third-order valence-corrected chi connectivity index (χ3v) is 12.5. The van der Waals surface area contributed by atoms with E-state index in [0.717, 1.165) is 9.75 Å². The van der Waals surface area contributed by atoms with Crippen LogP contribution in [0.3, 0.4) is 0 Å². The molecule has 3 nitrogen and oxygen atoms in total. The summed E-state index contributed by atoms with van der Waals surface area (Å²) >= 11 is 3.41. The van der Waals surface area contributed by atoms with Gasteiger partial charge in [-0.25, -0.2) is 0 Å². The third-order valence-electron chi connectivity index (χ3n) is 10.2. The molecule has 0 bridgehead atoms. The molecule has 0 fully saturated rings. The van der Waals surface area contributed by atoms with E-state index >= 15 is 0 Å². The molecular formula is C39H31N3S2. The Kier molecular flexibility index (Phi) is 5.45. The van der Waals surface area contributed by atoms with Gasteiger partial charge in [0.1, 0.15) is 17.7 Å². The number of thiophene rings is 2. The molecule has 3 aliphatic rings. The van der Waals surface area contributed by atoms with E-state index in [1.54, 1.807) is 28.7 Å². The molecule has 5 aromatic rings. The number of nitrogens with zero attached hydrogens (tertiary/aromatic N) is 3. The molecule has 0 saturated heterocycles. The first kappa shape index (κ1) is 27.2. The number of rotatable bonds is 3. The van der Waals surface area contributed by atoms with Gasteiger partial charge in [-0.3, -0.25) is 0 Å². The number of para-hydroxylation sites is 2. The number of anilines is 3. The van der Waals surface area contributed by atoms with Crippen LogP contribution in [0.1, 0.15) is 79.8 Å². The molecule has 0 unspecified atom stereocenters. The largest absolute Gasteiger partial charge is 0.309 e. The van der Waals surface area contributed by atoms with Crippen LogP contribution < -0.4 is 4.90 Å². The van der Waals surface area contributed by atoms with Gasteiger partial charge in [-0.2, -0.15) is 10.5 Å². The van der Waals surface area contributed by atoms with Gasteiger partial charge in [0.05, 0.1) is 17.1 Å². The van der Waals surface area contributed by atoms with Crippen molar-refractivity contribution in [1.29, 1.82) is 10.5 Å². The zero-order valence-corrected chi connectivity index (χ0v) is 27.3. The van der Waals surface area contributed by atoms with Gasteiger partial charge >= 0.3 is 0 Å². The molecule has 0 amide bonds. The molecule has 0 saturated carbocycles. The second-order valence-electron chi connectivity index (χ2n) is 13.7. The minimum absolute atomic E-state index is 0.0934. The molecule has 0 spiro atoms. The molecule has 0 N–H and O–H groups in total. The minimum atomic E-state index is -0.174. The fourth-order valence-corrected chi connectivity index (χ4v) is 9.78. The molecule has 2 aromatic heterocycles.